The van der Waals surface area contributed by atoms with Gasteiger partial charge in [0, 0.05) is 18.8 Å². The van der Waals surface area contributed by atoms with Crippen molar-refractivity contribution >= 4 is 17.5 Å². The van der Waals surface area contributed by atoms with Gasteiger partial charge in [-0.2, -0.15) is 10.1 Å². The Bertz CT molecular complexity index is 598. The van der Waals surface area contributed by atoms with Gasteiger partial charge in [-0.3, -0.25) is 0 Å². The standard InChI is InChI=1S/C15H19N5O/c1-2-12-5-3-4-6-13(12)17-15-18-14(11-16-19-15)20-7-9-21-10-8-20/h3-6,11H,2,7-10H2,1H3,(H,17,18,19). The van der Waals surface area contributed by atoms with Gasteiger partial charge < -0.3 is 15.0 Å². The molecule has 0 saturated carbocycles. The summed E-state index contributed by atoms with van der Waals surface area (Å²) in [5.41, 5.74) is 2.26. The van der Waals surface area contributed by atoms with Crippen LogP contribution in [-0.2, 0) is 11.2 Å². The second-order valence-corrected chi connectivity index (χ2v) is 4.87. The molecule has 0 unspecified atom stereocenters. The lowest BCUT2D eigenvalue weighted by Gasteiger charge is -2.27. The van der Waals surface area contributed by atoms with Crippen molar-refractivity contribution in [3.8, 4) is 0 Å². The number of hydrogen-bond acceptors (Lipinski definition) is 6. The number of hydrogen-bond donors (Lipinski definition) is 1. The fourth-order valence-electron chi connectivity index (χ4n) is 2.36. The first kappa shape index (κ1) is 13.8. The summed E-state index contributed by atoms with van der Waals surface area (Å²) >= 11 is 0. The zero-order valence-electron chi connectivity index (χ0n) is 12.1. The molecule has 6 nitrogen and oxygen atoms in total. The van der Waals surface area contributed by atoms with Crippen LogP contribution >= 0.6 is 0 Å². The third-order valence-electron chi connectivity index (χ3n) is 3.53. The molecule has 0 amide bonds. The highest BCUT2D eigenvalue weighted by Crippen LogP contribution is 2.20. The lowest BCUT2D eigenvalue weighted by molar-refractivity contribution is 0.122. The van der Waals surface area contributed by atoms with E-state index in [1.54, 1.807) is 6.20 Å². The van der Waals surface area contributed by atoms with Gasteiger partial charge in [-0.05, 0) is 18.1 Å². The highest BCUT2D eigenvalue weighted by atomic mass is 16.5. The number of morpholine rings is 1. The molecule has 1 aliphatic heterocycles. The summed E-state index contributed by atoms with van der Waals surface area (Å²) in [7, 11) is 0. The van der Waals surface area contributed by atoms with Crippen LogP contribution in [0.3, 0.4) is 0 Å². The summed E-state index contributed by atoms with van der Waals surface area (Å²) in [5.74, 6) is 1.37. The van der Waals surface area contributed by atoms with E-state index in [0.717, 1.165) is 44.2 Å². The van der Waals surface area contributed by atoms with E-state index in [1.165, 1.54) is 5.56 Å². The van der Waals surface area contributed by atoms with Gasteiger partial charge in [0.05, 0.1) is 19.4 Å². The summed E-state index contributed by atoms with van der Waals surface area (Å²) in [6.45, 7) is 5.26. The number of para-hydroxylation sites is 1. The monoisotopic (exact) mass is 285 g/mol. The zero-order chi connectivity index (χ0) is 14.5. The quantitative estimate of drug-likeness (QED) is 0.927. The molecule has 1 saturated heterocycles. The molecule has 1 N–H and O–H groups in total. The third kappa shape index (κ3) is 3.28. The van der Waals surface area contributed by atoms with E-state index >= 15 is 0 Å². The third-order valence-corrected chi connectivity index (χ3v) is 3.53. The average molecular weight is 285 g/mol. The van der Waals surface area contributed by atoms with Crippen LogP contribution in [-0.4, -0.2) is 41.5 Å². The molecule has 0 bridgehead atoms. The van der Waals surface area contributed by atoms with Gasteiger partial charge in [0.15, 0.2) is 5.82 Å². The summed E-state index contributed by atoms with van der Waals surface area (Å²) in [5, 5.41) is 11.4. The minimum absolute atomic E-state index is 0.528. The molecule has 1 aliphatic rings. The molecular formula is C15H19N5O. The van der Waals surface area contributed by atoms with Crippen LogP contribution in [0.15, 0.2) is 30.5 Å². The van der Waals surface area contributed by atoms with Gasteiger partial charge in [0.25, 0.3) is 0 Å². The van der Waals surface area contributed by atoms with Gasteiger partial charge in [-0.15, -0.1) is 5.10 Å². The number of ether oxygens (including phenoxy) is 1. The summed E-state index contributed by atoms with van der Waals surface area (Å²) in [6.07, 6.45) is 2.65. The van der Waals surface area contributed by atoms with Crippen LogP contribution in [0.4, 0.5) is 17.5 Å². The molecular weight excluding hydrogens is 266 g/mol. The number of nitrogens with one attached hydrogen (secondary N) is 1. The molecule has 0 aliphatic carbocycles. The fraction of sp³-hybridized carbons (Fsp3) is 0.400. The molecule has 0 atom stereocenters. The van der Waals surface area contributed by atoms with Crippen molar-refractivity contribution in [2.75, 3.05) is 36.5 Å². The Labute approximate surface area is 124 Å². The minimum Gasteiger partial charge on any atom is -0.378 e. The predicted octanol–water partition coefficient (Wildman–Crippen LogP) is 2.01. The lowest BCUT2D eigenvalue weighted by atomic mass is 10.1. The minimum atomic E-state index is 0.528. The van der Waals surface area contributed by atoms with E-state index in [4.69, 9.17) is 4.74 Å². The smallest absolute Gasteiger partial charge is 0.249 e. The Hall–Kier alpha value is -2.21. The summed E-state index contributed by atoms with van der Waals surface area (Å²) < 4.78 is 5.36. The lowest BCUT2D eigenvalue weighted by Crippen LogP contribution is -2.37. The number of aromatic nitrogens is 3. The molecule has 110 valence electrons. The SMILES string of the molecule is CCc1ccccc1Nc1nncc(N2CCOCC2)n1. The molecule has 1 fully saturated rings. The van der Waals surface area contributed by atoms with Crippen molar-refractivity contribution in [3.63, 3.8) is 0 Å². The maximum absolute atomic E-state index is 5.36. The van der Waals surface area contributed by atoms with Crippen LogP contribution in [0, 0.1) is 0 Å². The molecule has 1 aromatic heterocycles. The van der Waals surface area contributed by atoms with E-state index in [0.29, 0.717) is 5.95 Å². The van der Waals surface area contributed by atoms with Crippen LogP contribution < -0.4 is 10.2 Å². The molecule has 2 aromatic rings. The molecule has 1 aromatic carbocycles. The first-order valence-electron chi connectivity index (χ1n) is 7.24. The second-order valence-electron chi connectivity index (χ2n) is 4.87. The Kier molecular flexibility index (Phi) is 4.25. The fourth-order valence-corrected chi connectivity index (χ4v) is 2.36. The molecule has 21 heavy (non-hydrogen) atoms. The molecule has 2 heterocycles. The van der Waals surface area contributed by atoms with Gasteiger partial charge in [0.1, 0.15) is 0 Å². The van der Waals surface area contributed by atoms with E-state index in [2.05, 4.69) is 38.4 Å². The van der Waals surface area contributed by atoms with Crippen LogP contribution in [0.25, 0.3) is 0 Å². The normalized spacial score (nSPS) is 15.0. The number of benzene rings is 1. The molecule has 0 spiro atoms. The summed E-state index contributed by atoms with van der Waals surface area (Å²) in [4.78, 5) is 6.71. The first-order valence-corrected chi connectivity index (χ1v) is 7.24. The first-order chi connectivity index (χ1) is 10.4. The topological polar surface area (TPSA) is 63.2 Å². The summed E-state index contributed by atoms with van der Waals surface area (Å²) in [6, 6.07) is 8.17. The van der Waals surface area contributed by atoms with E-state index in [-0.39, 0.29) is 0 Å². The second kappa shape index (κ2) is 6.49. The largest absolute Gasteiger partial charge is 0.378 e. The van der Waals surface area contributed by atoms with Crippen LogP contribution in [0.5, 0.6) is 0 Å². The number of anilines is 3. The Balaban J connectivity index is 1.79. The number of aryl methyl sites for hydroxylation is 1. The van der Waals surface area contributed by atoms with Crippen molar-refractivity contribution in [1.29, 1.82) is 0 Å². The molecule has 0 radical (unpaired) electrons. The molecule has 3 rings (SSSR count). The van der Waals surface area contributed by atoms with Crippen molar-refractivity contribution in [2.45, 2.75) is 13.3 Å². The van der Waals surface area contributed by atoms with Crippen LogP contribution in [0.2, 0.25) is 0 Å². The van der Waals surface area contributed by atoms with Gasteiger partial charge in [-0.25, -0.2) is 0 Å². The van der Waals surface area contributed by atoms with Crippen molar-refractivity contribution < 1.29 is 4.74 Å². The Morgan fingerprint density at radius 3 is 2.86 bits per heavy atom. The highest BCUT2D eigenvalue weighted by Gasteiger charge is 2.14. The predicted molar refractivity (Wildman–Crippen MR) is 82.0 cm³/mol. The van der Waals surface area contributed by atoms with Crippen molar-refractivity contribution in [3.05, 3.63) is 36.0 Å². The average Bonchev–Trinajstić information content (AvgIpc) is 2.56. The van der Waals surface area contributed by atoms with Crippen molar-refractivity contribution in [1.82, 2.24) is 15.2 Å². The maximum atomic E-state index is 5.36. The number of nitrogens with zero attached hydrogens (tertiary/aromatic N) is 4. The molecule has 6 heteroatoms. The Morgan fingerprint density at radius 2 is 2.05 bits per heavy atom. The van der Waals surface area contributed by atoms with E-state index in [1.807, 2.05) is 18.2 Å². The zero-order valence-corrected chi connectivity index (χ0v) is 12.1. The van der Waals surface area contributed by atoms with Gasteiger partial charge in [0.2, 0.25) is 5.95 Å². The van der Waals surface area contributed by atoms with Gasteiger partial charge >= 0.3 is 0 Å². The Morgan fingerprint density at radius 1 is 1.24 bits per heavy atom. The van der Waals surface area contributed by atoms with E-state index < -0.39 is 0 Å². The highest BCUT2D eigenvalue weighted by molar-refractivity contribution is 5.59. The van der Waals surface area contributed by atoms with Crippen LogP contribution in [0.1, 0.15) is 12.5 Å². The number of rotatable bonds is 4. The van der Waals surface area contributed by atoms with E-state index in [9.17, 15) is 0 Å². The van der Waals surface area contributed by atoms with Gasteiger partial charge in [-0.1, -0.05) is 25.1 Å². The maximum Gasteiger partial charge on any atom is 0.249 e. The van der Waals surface area contributed by atoms with Crippen molar-refractivity contribution in [2.24, 2.45) is 0 Å².